The molecular formula is C26H30N4O. The molecule has 0 unspecified atom stereocenters. The molecule has 1 saturated heterocycles. The van der Waals surface area contributed by atoms with Crippen LogP contribution in [0.25, 0.3) is 21.7 Å². The molecule has 0 bridgehead atoms. The van der Waals surface area contributed by atoms with E-state index >= 15 is 0 Å². The number of anilines is 1. The second kappa shape index (κ2) is 9.00. The van der Waals surface area contributed by atoms with Crippen LogP contribution in [-0.2, 0) is 6.42 Å². The lowest BCUT2D eigenvalue weighted by molar-refractivity contribution is 0.201. The zero-order valence-corrected chi connectivity index (χ0v) is 17.9. The number of nitrogens with one attached hydrogen (secondary N) is 1. The van der Waals surface area contributed by atoms with Gasteiger partial charge in [0, 0.05) is 60.9 Å². The number of fused-ring (bicyclic) bond motifs is 2. The van der Waals surface area contributed by atoms with Crippen LogP contribution in [0.4, 0.5) is 5.69 Å². The second-order valence-corrected chi connectivity index (χ2v) is 8.24. The Kier molecular flexibility index (Phi) is 5.78. The summed E-state index contributed by atoms with van der Waals surface area (Å²) < 4.78 is 6.09. The summed E-state index contributed by atoms with van der Waals surface area (Å²) >= 11 is 0. The number of H-pyrrole nitrogens is 1. The summed E-state index contributed by atoms with van der Waals surface area (Å²) in [5, 5.41) is 3.87. The minimum Gasteiger partial charge on any atom is -0.492 e. The smallest absolute Gasteiger partial charge is 0.120 e. The first-order valence-electron chi connectivity index (χ1n) is 11.2. The Morgan fingerprint density at radius 2 is 1.74 bits per heavy atom. The molecule has 3 aromatic carbocycles. The summed E-state index contributed by atoms with van der Waals surface area (Å²) in [6, 6.07) is 21.5. The number of benzene rings is 3. The van der Waals surface area contributed by atoms with Gasteiger partial charge in [0.1, 0.15) is 12.4 Å². The van der Waals surface area contributed by atoms with Crippen LogP contribution < -0.4 is 15.4 Å². The summed E-state index contributed by atoms with van der Waals surface area (Å²) in [4.78, 5) is 8.32. The number of nitrogens with two attached hydrogens (primary N) is 1. The summed E-state index contributed by atoms with van der Waals surface area (Å²) in [5.41, 5.74) is 9.48. The summed E-state index contributed by atoms with van der Waals surface area (Å²) in [6.45, 7) is 6.52. The molecule has 31 heavy (non-hydrogen) atoms. The van der Waals surface area contributed by atoms with Crippen LogP contribution in [0.1, 0.15) is 5.56 Å². The van der Waals surface area contributed by atoms with Crippen LogP contribution in [0, 0.1) is 0 Å². The van der Waals surface area contributed by atoms with E-state index in [0.29, 0.717) is 13.2 Å². The van der Waals surface area contributed by atoms with Gasteiger partial charge in [0.25, 0.3) is 0 Å². The number of rotatable bonds is 7. The van der Waals surface area contributed by atoms with Crippen molar-refractivity contribution in [3.63, 3.8) is 0 Å². The highest BCUT2D eigenvalue weighted by Crippen LogP contribution is 2.27. The molecule has 5 heteroatoms. The fourth-order valence-electron chi connectivity index (χ4n) is 4.60. The summed E-state index contributed by atoms with van der Waals surface area (Å²) in [6.07, 6.45) is 2.93. The number of nitrogens with zero attached hydrogens (tertiary/aromatic N) is 2. The summed E-state index contributed by atoms with van der Waals surface area (Å²) in [7, 11) is 0. The minimum absolute atomic E-state index is 0.656. The van der Waals surface area contributed by atoms with Gasteiger partial charge in [-0.3, -0.25) is 4.90 Å². The molecule has 0 spiro atoms. The maximum absolute atomic E-state index is 6.09. The average molecular weight is 415 g/mol. The number of hydrogen-bond acceptors (Lipinski definition) is 4. The molecule has 1 fully saturated rings. The largest absolute Gasteiger partial charge is 0.492 e. The van der Waals surface area contributed by atoms with E-state index < -0.39 is 0 Å². The fraction of sp³-hybridized carbons (Fsp3) is 0.308. The molecule has 1 aromatic heterocycles. The Hall–Kier alpha value is -3.02. The van der Waals surface area contributed by atoms with E-state index in [9.17, 15) is 0 Å². The van der Waals surface area contributed by atoms with Crippen LogP contribution in [0.3, 0.4) is 0 Å². The van der Waals surface area contributed by atoms with Gasteiger partial charge < -0.3 is 20.4 Å². The molecule has 1 aliphatic heterocycles. The Balaban J connectivity index is 1.15. The Morgan fingerprint density at radius 1 is 0.903 bits per heavy atom. The van der Waals surface area contributed by atoms with E-state index in [-0.39, 0.29) is 0 Å². The molecule has 5 rings (SSSR count). The molecule has 0 atom stereocenters. The molecule has 1 aliphatic rings. The van der Waals surface area contributed by atoms with Crippen LogP contribution in [-0.4, -0.2) is 55.8 Å². The highest BCUT2D eigenvalue weighted by Gasteiger charge is 2.18. The molecule has 160 valence electrons. The van der Waals surface area contributed by atoms with Gasteiger partial charge in [-0.15, -0.1) is 0 Å². The van der Waals surface area contributed by atoms with Crippen LogP contribution >= 0.6 is 0 Å². The van der Waals surface area contributed by atoms with Gasteiger partial charge in [-0.05, 0) is 48.2 Å². The Labute approximate surface area is 183 Å². The van der Waals surface area contributed by atoms with Gasteiger partial charge in [0.05, 0.1) is 0 Å². The van der Waals surface area contributed by atoms with Crippen molar-refractivity contribution in [2.24, 2.45) is 5.73 Å². The molecule has 4 aromatic rings. The molecule has 2 heterocycles. The highest BCUT2D eigenvalue weighted by molar-refractivity contribution is 5.94. The van der Waals surface area contributed by atoms with Crippen molar-refractivity contribution < 1.29 is 4.74 Å². The zero-order valence-electron chi connectivity index (χ0n) is 17.9. The van der Waals surface area contributed by atoms with E-state index in [4.69, 9.17) is 10.5 Å². The van der Waals surface area contributed by atoms with E-state index in [1.165, 1.54) is 27.4 Å². The number of aromatic nitrogens is 1. The van der Waals surface area contributed by atoms with Crippen molar-refractivity contribution in [3.8, 4) is 5.75 Å². The quantitative estimate of drug-likeness (QED) is 0.480. The number of hydrogen-bond donors (Lipinski definition) is 2. The van der Waals surface area contributed by atoms with Gasteiger partial charge in [0.15, 0.2) is 0 Å². The number of aromatic amines is 1. The predicted molar refractivity (Wildman–Crippen MR) is 129 cm³/mol. The van der Waals surface area contributed by atoms with E-state index in [1.807, 2.05) is 6.07 Å². The van der Waals surface area contributed by atoms with Crippen molar-refractivity contribution in [1.82, 2.24) is 9.88 Å². The highest BCUT2D eigenvalue weighted by atomic mass is 16.5. The van der Waals surface area contributed by atoms with Crippen molar-refractivity contribution in [2.45, 2.75) is 6.42 Å². The lowest BCUT2D eigenvalue weighted by Gasteiger charge is -2.36. The normalized spacial score (nSPS) is 15.1. The van der Waals surface area contributed by atoms with Crippen molar-refractivity contribution in [1.29, 1.82) is 0 Å². The topological polar surface area (TPSA) is 57.5 Å². The first-order chi connectivity index (χ1) is 15.3. The predicted octanol–water partition coefficient (Wildman–Crippen LogP) is 4.02. The molecule has 0 aliphatic carbocycles. The number of piperazine rings is 1. The van der Waals surface area contributed by atoms with E-state index in [2.05, 4.69) is 75.6 Å². The lowest BCUT2D eigenvalue weighted by atomic mass is 10.1. The van der Waals surface area contributed by atoms with Crippen LogP contribution in [0.15, 0.2) is 66.9 Å². The zero-order chi connectivity index (χ0) is 21.0. The van der Waals surface area contributed by atoms with Gasteiger partial charge in [-0.1, -0.05) is 36.4 Å². The molecule has 0 radical (unpaired) electrons. The van der Waals surface area contributed by atoms with Crippen molar-refractivity contribution in [3.05, 3.63) is 72.4 Å². The third-order valence-electron chi connectivity index (χ3n) is 6.31. The Morgan fingerprint density at radius 3 is 2.61 bits per heavy atom. The van der Waals surface area contributed by atoms with Crippen molar-refractivity contribution in [2.75, 3.05) is 50.8 Å². The average Bonchev–Trinajstić information content (AvgIpc) is 3.22. The maximum atomic E-state index is 6.09. The van der Waals surface area contributed by atoms with Crippen LogP contribution in [0.5, 0.6) is 5.75 Å². The SMILES string of the molecule is NCCc1c[nH]c2ccc(OCCN3CCN(c4cccc5ccccc45)CC3)cc12. The third-order valence-corrected chi connectivity index (χ3v) is 6.31. The molecule has 0 amide bonds. The molecule has 5 nitrogen and oxygen atoms in total. The fourth-order valence-corrected chi connectivity index (χ4v) is 4.60. The van der Waals surface area contributed by atoms with Gasteiger partial charge in [-0.25, -0.2) is 0 Å². The van der Waals surface area contributed by atoms with Gasteiger partial charge in [0.2, 0.25) is 0 Å². The maximum Gasteiger partial charge on any atom is 0.120 e. The second-order valence-electron chi connectivity index (χ2n) is 8.24. The summed E-state index contributed by atoms with van der Waals surface area (Å²) in [5.74, 6) is 0.930. The standard InChI is InChI=1S/C26H30N4O/c27-11-10-21-19-28-25-9-8-22(18-24(21)25)31-17-16-29-12-14-30(15-13-29)26-7-3-5-20-4-1-2-6-23(20)26/h1-9,18-19,28H,10-17,27H2. The Bertz CT molecular complexity index is 1160. The monoisotopic (exact) mass is 414 g/mol. The first kappa shape index (κ1) is 19.9. The van der Waals surface area contributed by atoms with Crippen molar-refractivity contribution >= 4 is 27.4 Å². The molecule has 0 saturated carbocycles. The van der Waals surface area contributed by atoms with Gasteiger partial charge >= 0.3 is 0 Å². The first-order valence-corrected chi connectivity index (χ1v) is 11.2. The van der Waals surface area contributed by atoms with E-state index in [1.54, 1.807) is 0 Å². The minimum atomic E-state index is 0.656. The molecular weight excluding hydrogens is 384 g/mol. The lowest BCUT2D eigenvalue weighted by Crippen LogP contribution is -2.47. The third kappa shape index (κ3) is 4.24. The number of ether oxygens (including phenoxy) is 1. The molecule has 3 N–H and O–H groups in total. The van der Waals surface area contributed by atoms with Crippen LogP contribution in [0.2, 0.25) is 0 Å². The van der Waals surface area contributed by atoms with Gasteiger partial charge in [-0.2, -0.15) is 0 Å². The van der Waals surface area contributed by atoms with E-state index in [0.717, 1.165) is 50.4 Å².